The van der Waals surface area contributed by atoms with Crippen LogP contribution in [0.25, 0.3) is 0 Å². The zero-order valence-corrected chi connectivity index (χ0v) is 36.6. The average molecular weight is 750 g/mol. The summed E-state index contributed by atoms with van der Waals surface area (Å²) in [6.07, 6.45) is 56.3. The molecule has 4 nitrogen and oxygen atoms in total. The summed E-state index contributed by atoms with van der Waals surface area (Å²) in [5.41, 5.74) is 0. The quantitative estimate of drug-likeness (QED) is 0.0543. The summed E-state index contributed by atoms with van der Waals surface area (Å²) in [4.78, 5) is 12.4. The molecule has 0 aliphatic rings. The molecule has 318 valence electrons. The van der Waals surface area contributed by atoms with E-state index in [0.717, 1.165) is 25.7 Å². The topological polar surface area (TPSA) is 69.6 Å². The van der Waals surface area contributed by atoms with Gasteiger partial charge in [0.25, 0.3) is 0 Å². The van der Waals surface area contributed by atoms with Gasteiger partial charge in [0.2, 0.25) is 5.91 Å². The van der Waals surface area contributed by atoms with Crippen LogP contribution in [0.4, 0.5) is 0 Å². The smallest absolute Gasteiger partial charge is 0.220 e. The lowest BCUT2D eigenvalue weighted by Crippen LogP contribution is -2.45. The third-order valence-corrected chi connectivity index (χ3v) is 11.9. The highest BCUT2D eigenvalue weighted by Gasteiger charge is 2.20. The minimum absolute atomic E-state index is 0.0247. The highest BCUT2D eigenvalue weighted by molar-refractivity contribution is 5.76. The monoisotopic (exact) mass is 750 g/mol. The molecule has 2 unspecified atom stereocenters. The molecule has 2 atom stereocenters. The van der Waals surface area contributed by atoms with Crippen molar-refractivity contribution in [3.63, 3.8) is 0 Å². The number of carbonyl (C=O) groups is 1. The third-order valence-electron chi connectivity index (χ3n) is 11.9. The minimum atomic E-state index is -0.653. The lowest BCUT2D eigenvalue weighted by molar-refractivity contribution is -0.123. The number of amides is 1. The number of hydrogen-bond donors (Lipinski definition) is 3. The Kier molecular flexibility index (Phi) is 45.3. The average Bonchev–Trinajstić information content (AvgIpc) is 3.16. The van der Waals surface area contributed by atoms with Gasteiger partial charge < -0.3 is 15.5 Å². The Bertz CT molecular complexity index is 685. The highest BCUT2D eigenvalue weighted by atomic mass is 16.3. The molecule has 0 bridgehead atoms. The van der Waals surface area contributed by atoms with Crippen LogP contribution in [0.3, 0.4) is 0 Å². The second kappa shape index (κ2) is 45.8. The van der Waals surface area contributed by atoms with Crippen LogP contribution in [0, 0.1) is 0 Å². The van der Waals surface area contributed by atoms with E-state index in [2.05, 4.69) is 19.2 Å². The summed E-state index contributed by atoms with van der Waals surface area (Å²) < 4.78 is 0. The molecule has 53 heavy (non-hydrogen) atoms. The molecule has 0 aliphatic heterocycles. The fraction of sp³-hybridized carbons (Fsp3) is 0.980. The van der Waals surface area contributed by atoms with Crippen LogP contribution >= 0.6 is 0 Å². The van der Waals surface area contributed by atoms with Crippen molar-refractivity contribution in [2.75, 3.05) is 6.61 Å². The Morgan fingerprint density at radius 2 is 0.604 bits per heavy atom. The van der Waals surface area contributed by atoms with E-state index >= 15 is 0 Å². The molecule has 1 amide bonds. The van der Waals surface area contributed by atoms with Gasteiger partial charge in [-0.05, 0) is 12.8 Å². The van der Waals surface area contributed by atoms with E-state index in [-0.39, 0.29) is 12.5 Å². The standard InChI is InChI=1S/C49H99NO3/c1-3-5-7-9-11-13-15-17-19-21-22-23-24-25-26-27-28-29-30-32-34-36-38-40-42-44-48(52)47(46-51)50-49(53)45-43-41-39-37-35-33-31-20-18-16-14-12-10-8-6-4-2/h47-48,51-52H,3-46H2,1-2H3,(H,50,53). The SMILES string of the molecule is CCCCCCCCCCCCCCCCCCCCCCCCCCCC(O)C(CO)NC(=O)CCCCCCCCCCCCCCCCCC. The van der Waals surface area contributed by atoms with E-state index < -0.39 is 12.1 Å². The number of aliphatic hydroxyl groups is 2. The summed E-state index contributed by atoms with van der Waals surface area (Å²) in [5.74, 6) is -0.0247. The van der Waals surface area contributed by atoms with Crippen LogP contribution < -0.4 is 5.32 Å². The molecule has 4 heteroatoms. The number of aliphatic hydroxyl groups excluding tert-OH is 2. The molecule has 0 aromatic carbocycles. The number of unbranched alkanes of at least 4 members (excludes halogenated alkanes) is 39. The van der Waals surface area contributed by atoms with Crippen molar-refractivity contribution in [3.05, 3.63) is 0 Å². The van der Waals surface area contributed by atoms with E-state index in [0.29, 0.717) is 12.8 Å². The molecule has 0 saturated carbocycles. The molecular weight excluding hydrogens is 651 g/mol. The second-order valence-corrected chi connectivity index (χ2v) is 17.3. The molecule has 0 aliphatic carbocycles. The maximum Gasteiger partial charge on any atom is 0.220 e. The summed E-state index contributed by atoms with van der Waals surface area (Å²) in [6, 6.07) is -0.530. The van der Waals surface area contributed by atoms with Crippen molar-refractivity contribution >= 4 is 5.91 Å². The molecular formula is C49H99NO3. The third kappa shape index (κ3) is 42.4. The van der Waals surface area contributed by atoms with Gasteiger partial charge in [-0.25, -0.2) is 0 Å². The van der Waals surface area contributed by atoms with Crippen molar-refractivity contribution in [1.82, 2.24) is 5.32 Å². The summed E-state index contributed by atoms with van der Waals surface area (Å²) in [7, 11) is 0. The minimum Gasteiger partial charge on any atom is -0.394 e. The van der Waals surface area contributed by atoms with Gasteiger partial charge in [0.05, 0.1) is 18.8 Å². The Hall–Kier alpha value is -0.610. The van der Waals surface area contributed by atoms with Crippen LogP contribution in [0.15, 0.2) is 0 Å². The molecule has 0 radical (unpaired) electrons. The molecule has 0 heterocycles. The number of hydrogen-bond acceptors (Lipinski definition) is 3. The zero-order valence-electron chi connectivity index (χ0n) is 36.6. The predicted molar refractivity (Wildman–Crippen MR) is 235 cm³/mol. The van der Waals surface area contributed by atoms with Gasteiger partial charge >= 0.3 is 0 Å². The normalized spacial score (nSPS) is 12.8. The fourth-order valence-electron chi connectivity index (χ4n) is 8.07. The van der Waals surface area contributed by atoms with Crippen LogP contribution in [-0.4, -0.2) is 34.9 Å². The second-order valence-electron chi connectivity index (χ2n) is 17.3. The number of rotatable bonds is 46. The first-order valence-corrected chi connectivity index (χ1v) is 24.7. The predicted octanol–water partition coefficient (Wildman–Crippen LogP) is 15.6. The maximum absolute atomic E-state index is 12.4. The highest BCUT2D eigenvalue weighted by Crippen LogP contribution is 2.18. The maximum atomic E-state index is 12.4. The van der Waals surface area contributed by atoms with Crippen molar-refractivity contribution in [2.24, 2.45) is 0 Å². The van der Waals surface area contributed by atoms with Gasteiger partial charge in [-0.15, -0.1) is 0 Å². The van der Waals surface area contributed by atoms with Gasteiger partial charge in [-0.1, -0.05) is 271 Å². The van der Waals surface area contributed by atoms with E-state index in [1.165, 1.54) is 238 Å². The largest absolute Gasteiger partial charge is 0.394 e. The van der Waals surface area contributed by atoms with Crippen LogP contribution in [0.1, 0.15) is 290 Å². The van der Waals surface area contributed by atoms with Crippen molar-refractivity contribution in [1.29, 1.82) is 0 Å². The first kappa shape index (κ1) is 52.4. The Morgan fingerprint density at radius 3 is 0.849 bits per heavy atom. The number of nitrogens with one attached hydrogen (secondary N) is 1. The molecule has 0 aromatic rings. The van der Waals surface area contributed by atoms with Crippen molar-refractivity contribution in [2.45, 2.75) is 302 Å². The Labute approximate surface area is 334 Å². The van der Waals surface area contributed by atoms with Gasteiger partial charge in [-0.3, -0.25) is 4.79 Å². The van der Waals surface area contributed by atoms with E-state index in [1.54, 1.807) is 0 Å². The van der Waals surface area contributed by atoms with Crippen molar-refractivity contribution < 1.29 is 15.0 Å². The number of carbonyl (C=O) groups excluding carboxylic acids is 1. The van der Waals surface area contributed by atoms with E-state index in [9.17, 15) is 15.0 Å². The van der Waals surface area contributed by atoms with Gasteiger partial charge in [0.1, 0.15) is 0 Å². The first-order chi connectivity index (χ1) is 26.2. The summed E-state index contributed by atoms with van der Waals surface area (Å²) >= 11 is 0. The molecule has 0 rings (SSSR count). The van der Waals surface area contributed by atoms with Gasteiger partial charge in [0, 0.05) is 6.42 Å². The Balaban J connectivity index is 3.42. The summed E-state index contributed by atoms with van der Waals surface area (Å²) in [5, 5.41) is 23.3. The van der Waals surface area contributed by atoms with Gasteiger partial charge in [0.15, 0.2) is 0 Å². The first-order valence-electron chi connectivity index (χ1n) is 24.7. The van der Waals surface area contributed by atoms with E-state index in [4.69, 9.17) is 0 Å². The van der Waals surface area contributed by atoms with Crippen LogP contribution in [0.2, 0.25) is 0 Å². The molecule has 3 N–H and O–H groups in total. The van der Waals surface area contributed by atoms with Crippen LogP contribution in [0.5, 0.6) is 0 Å². The van der Waals surface area contributed by atoms with Crippen molar-refractivity contribution in [3.8, 4) is 0 Å². The molecule has 0 saturated heterocycles. The lowest BCUT2D eigenvalue weighted by Gasteiger charge is -2.22. The molecule has 0 fully saturated rings. The fourth-order valence-corrected chi connectivity index (χ4v) is 8.07. The van der Waals surface area contributed by atoms with E-state index in [1.807, 2.05) is 0 Å². The van der Waals surface area contributed by atoms with Gasteiger partial charge in [-0.2, -0.15) is 0 Å². The molecule has 0 aromatic heterocycles. The Morgan fingerprint density at radius 1 is 0.377 bits per heavy atom. The zero-order chi connectivity index (χ0) is 38.6. The lowest BCUT2D eigenvalue weighted by atomic mass is 10.0. The molecule has 0 spiro atoms. The summed E-state index contributed by atoms with van der Waals surface area (Å²) in [6.45, 7) is 4.39. The van der Waals surface area contributed by atoms with Crippen LogP contribution in [-0.2, 0) is 4.79 Å².